The second-order valence-electron chi connectivity index (χ2n) is 12.4. The first kappa shape index (κ1) is 35.4. The Morgan fingerprint density at radius 1 is 0.439 bits per heavy atom. The highest BCUT2D eigenvalue weighted by atomic mass is 19.2. The fraction of sp³-hybridized carbons (Fsp3) is 0. The molecule has 2 aromatic heterocycles. The molecule has 0 bridgehead atoms. The smallest absolute Gasteiger partial charge is 0.201 e. The first-order chi connectivity index (χ1) is 27.4. The van der Waals surface area contributed by atoms with Crippen molar-refractivity contribution in [1.82, 2.24) is 9.97 Å². The van der Waals surface area contributed by atoms with E-state index in [-0.39, 0.29) is 65.9 Å². The molecule has 0 spiro atoms. The lowest BCUT2D eigenvalue weighted by Gasteiger charge is -2.13. The highest BCUT2D eigenvalue weighted by Crippen LogP contribution is 2.51. The Balaban J connectivity index is 1.80. The van der Waals surface area contributed by atoms with E-state index >= 15 is 22.0 Å². The summed E-state index contributed by atoms with van der Waals surface area (Å²) in [6.45, 7) is 0. The summed E-state index contributed by atoms with van der Waals surface area (Å²) in [5, 5.41) is 57.5. The third-order valence-corrected chi connectivity index (χ3v) is 9.72. The van der Waals surface area contributed by atoms with Gasteiger partial charge in [-0.05, 0) is 46.8 Å². The van der Waals surface area contributed by atoms with Crippen molar-refractivity contribution in [2.75, 3.05) is 0 Å². The highest BCUT2D eigenvalue weighted by molar-refractivity contribution is 6.38. The number of pyridine rings is 2. The molecular formula is C42H9F7N8. The van der Waals surface area contributed by atoms with E-state index in [1.807, 2.05) is 24.3 Å². The molecule has 0 fully saturated rings. The van der Waals surface area contributed by atoms with Gasteiger partial charge in [-0.1, -0.05) is 24.3 Å². The van der Waals surface area contributed by atoms with Crippen LogP contribution in [-0.4, -0.2) is 9.97 Å². The van der Waals surface area contributed by atoms with Crippen LogP contribution in [0.15, 0.2) is 54.6 Å². The zero-order valence-electron chi connectivity index (χ0n) is 27.9. The van der Waals surface area contributed by atoms with Gasteiger partial charge in [0.05, 0.1) is 51.1 Å². The van der Waals surface area contributed by atoms with Gasteiger partial charge in [-0.15, -0.1) is 0 Å². The SMILES string of the molecule is N#C/C(c1c(F)c(F)nc(F)c1F)=c1\c(-c2ccc(C#N)cc2)c(C#N)c2c1cc1c(C#N)c(-c3ccc(C#N)cc3)c3c(C#N)c4c(F)c(F)nc(F)c4c2c13. The molecular weight excluding hydrogens is 750 g/mol. The summed E-state index contributed by atoms with van der Waals surface area (Å²) >= 11 is 0. The lowest BCUT2D eigenvalue weighted by Crippen LogP contribution is -2.14. The lowest BCUT2D eigenvalue weighted by molar-refractivity contribution is 0.404. The van der Waals surface area contributed by atoms with Gasteiger partial charge in [-0.25, -0.2) is 13.2 Å². The molecule has 15 heteroatoms. The number of nitrogens with zero attached hydrogens (tertiary/aromatic N) is 8. The topological polar surface area (TPSA) is 169 Å². The molecule has 0 saturated carbocycles. The first-order valence-corrected chi connectivity index (χ1v) is 16.0. The van der Waals surface area contributed by atoms with Crippen LogP contribution in [0.5, 0.6) is 0 Å². The molecule has 0 aliphatic rings. The Morgan fingerprint density at radius 3 is 1.46 bits per heavy atom. The van der Waals surface area contributed by atoms with E-state index in [0.29, 0.717) is 0 Å². The molecule has 6 aromatic carbocycles. The van der Waals surface area contributed by atoms with Crippen molar-refractivity contribution in [2.24, 2.45) is 0 Å². The molecule has 57 heavy (non-hydrogen) atoms. The van der Waals surface area contributed by atoms with Crippen LogP contribution in [-0.2, 0) is 0 Å². The van der Waals surface area contributed by atoms with Gasteiger partial charge in [0.2, 0.25) is 5.95 Å². The Labute approximate surface area is 313 Å². The quantitative estimate of drug-likeness (QED) is 0.0980. The molecule has 0 radical (unpaired) electrons. The van der Waals surface area contributed by atoms with Gasteiger partial charge in [0.15, 0.2) is 17.5 Å². The third-order valence-electron chi connectivity index (χ3n) is 9.72. The van der Waals surface area contributed by atoms with Crippen molar-refractivity contribution in [2.45, 2.75) is 0 Å². The van der Waals surface area contributed by atoms with Gasteiger partial charge in [-0.3, -0.25) is 0 Å². The lowest BCUT2D eigenvalue weighted by atomic mass is 9.90. The fourth-order valence-corrected chi connectivity index (χ4v) is 7.50. The Hall–Kier alpha value is -8.63. The van der Waals surface area contributed by atoms with Crippen LogP contribution < -0.4 is 5.22 Å². The summed E-state index contributed by atoms with van der Waals surface area (Å²) in [4.78, 5) is 5.62. The van der Waals surface area contributed by atoms with E-state index in [2.05, 4.69) is 9.97 Å². The van der Waals surface area contributed by atoms with Crippen molar-refractivity contribution < 1.29 is 30.7 Å². The molecule has 0 aliphatic carbocycles. The molecule has 0 amide bonds. The maximum absolute atomic E-state index is 16.3. The predicted octanol–water partition coefficient (Wildman–Crippen LogP) is 8.63. The fourth-order valence-electron chi connectivity index (χ4n) is 7.50. The maximum atomic E-state index is 16.3. The van der Waals surface area contributed by atoms with Crippen LogP contribution in [0.3, 0.4) is 0 Å². The van der Waals surface area contributed by atoms with Gasteiger partial charge >= 0.3 is 0 Å². The van der Waals surface area contributed by atoms with Crippen LogP contribution in [0.4, 0.5) is 30.7 Å². The molecule has 0 aliphatic heterocycles. The summed E-state index contributed by atoms with van der Waals surface area (Å²) in [6, 6.07) is 22.9. The number of aromatic nitrogens is 2. The van der Waals surface area contributed by atoms with Crippen molar-refractivity contribution in [3.8, 4) is 58.7 Å². The number of nitriles is 6. The van der Waals surface area contributed by atoms with Gasteiger partial charge in [0, 0.05) is 54.0 Å². The number of fused-ring (bicyclic) bond motifs is 4. The van der Waals surface area contributed by atoms with Gasteiger partial charge in [-0.2, -0.15) is 59.1 Å². The van der Waals surface area contributed by atoms with Crippen molar-refractivity contribution in [3.63, 3.8) is 0 Å². The average molecular weight is 759 g/mol. The summed E-state index contributed by atoms with van der Waals surface area (Å²) in [6.07, 6.45) is 0. The van der Waals surface area contributed by atoms with Crippen LogP contribution in [0.1, 0.15) is 33.4 Å². The van der Waals surface area contributed by atoms with E-state index in [9.17, 15) is 40.4 Å². The van der Waals surface area contributed by atoms with Crippen molar-refractivity contribution in [3.05, 3.63) is 134 Å². The van der Waals surface area contributed by atoms with Crippen molar-refractivity contribution in [1.29, 1.82) is 31.6 Å². The number of benzene rings is 4. The van der Waals surface area contributed by atoms with E-state index in [4.69, 9.17) is 0 Å². The molecule has 0 saturated heterocycles. The number of rotatable bonds is 3. The third kappa shape index (κ3) is 4.74. The standard InChI is InChI=1S/C42H9F7N8/c43-36-32-25(15-55)31-26(18-5-1-16(10-50)2-6-18)22(12-52)20-9-21-28(24(14-54)33-37(44)41(48)57-42(49)38(33)45)27(19-7-3-17(11-51)4-8-19)23(13-53)29(21)34(30(20)31)35(32)39(46)56-40(36)47/h1-9H/b28-24+. The largest absolute Gasteiger partial charge is 0.252 e. The zero-order valence-corrected chi connectivity index (χ0v) is 27.9. The molecule has 8 rings (SSSR count). The number of hydrogen-bond acceptors (Lipinski definition) is 8. The van der Waals surface area contributed by atoms with Gasteiger partial charge in [0.1, 0.15) is 24.3 Å². The van der Waals surface area contributed by atoms with Crippen molar-refractivity contribution >= 4 is 48.7 Å². The second kappa shape index (κ2) is 12.8. The summed E-state index contributed by atoms with van der Waals surface area (Å²) < 4.78 is 108. The molecule has 0 unspecified atom stereocenters. The Morgan fingerprint density at radius 2 is 0.947 bits per heavy atom. The predicted molar refractivity (Wildman–Crippen MR) is 187 cm³/mol. The van der Waals surface area contributed by atoms with E-state index in [1.54, 1.807) is 12.1 Å². The summed E-state index contributed by atoms with van der Waals surface area (Å²) in [7, 11) is 0. The molecule has 266 valence electrons. The summed E-state index contributed by atoms with van der Waals surface area (Å²) in [5.41, 5.74) is -4.05. The van der Waals surface area contributed by atoms with Crippen LogP contribution in [0.25, 0.3) is 70.9 Å². The normalized spacial score (nSPS) is 11.6. The van der Waals surface area contributed by atoms with Crippen LogP contribution >= 0.6 is 0 Å². The minimum Gasteiger partial charge on any atom is -0.201 e. The van der Waals surface area contributed by atoms with E-state index in [1.165, 1.54) is 54.6 Å². The number of halogens is 7. The van der Waals surface area contributed by atoms with Gasteiger partial charge in [0.25, 0.3) is 17.8 Å². The number of hydrogen-bond donors (Lipinski definition) is 0. The van der Waals surface area contributed by atoms with Crippen LogP contribution in [0, 0.1) is 109 Å². The minimum absolute atomic E-state index is 0.0182. The Kier molecular flexibility index (Phi) is 7.92. The zero-order chi connectivity index (χ0) is 40.6. The molecule has 8 nitrogen and oxygen atoms in total. The minimum atomic E-state index is -2.14. The average Bonchev–Trinajstić information content (AvgIpc) is 3.73. The summed E-state index contributed by atoms with van der Waals surface area (Å²) in [5.74, 6) is -13.9. The monoisotopic (exact) mass is 758 g/mol. The molecule has 2 heterocycles. The second-order valence-corrected chi connectivity index (χ2v) is 12.4. The van der Waals surface area contributed by atoms with E-state index in [0.717, 1.165) is 0 Å². The first-order valence-electron chi connectivity index (χ1n) is 16.0. The molecule has 0 atom stereocenters. The molecule has 8 aromatic rings. The van der Waals surface area contributed by atoms with Gasteiger partial charge < -0.3 is 0 Å². The van der Waals surface area contributed by atoms with Crippen LogP contribution in [0.2, 0.25) is 0 Å². The maximum Gasteiger partial charge on any atom is 0.252 e. The highest BCUT2D eigenvalue weighted by Gasteiger charge is 2.34. The Bertz CT molecular complexity index is 3460. The van der Waals surface area contributed by atoms with E-state index < -0.39 is 84.9 Å². The molecule has 0 N–H and O–H groups in total.